The number of nitrogens with one attached hydrogen (secondary N) is 1. The quantitative estimate of drug-likeness (QED) is 0.600. The molecule has 0 spiro atoms. The summed E-state index contributed by atoms with van der Waals surface area (Å²) in [5.41, 5.74) is 2.57. The van der Waals surface area contributed by atoms with Crippen LogP contribution in [0.1, 0.15) is 15.3 Å². The van der Waals surface area contributed by atoms with Crippen molar-refractivity contribution in [3.05, 3.63) is 45.6 Å². The van der Waals surface area contributed by atoms with E-state index in [4.69, 9.17) is 0 Å². The van der Waals surface area contributed by atoms with Crippen LogP contribution in [0.4, 0.5) is 5.69 Å². The first-order valence-electron chi connectivity index (χ1n) is 5.57. The standard InChI is InChI=1S/C14H11NOS2/c1-8-13(17)7-9(18-8)6-11-10-4-2-3-5-12(10)15-14(11)16/h2-7,17H,1H3,(H,15,16)/b11-6-. The van der Waals surface area contributed by atoms with Gasteiger partial charge >= 0.3 is 0 Å². The van der Waals surface area contributed by atoms with Crippen LogP contribution in [0.2, 0.25) is 0 Å². The number of rotatable bonds is 1. The zero-order chi connectivity index (χ0) is 12.7. The minimum Gasteiger partial charge on any atom is -0.321 e. The number of thiophene rings is 1. The van der Waals surface area contributed by atoms with Gasteiger partial charge in [-0.1, -0.05) is 18.2 Å². The zero-order valence-corrected chi connectivity index (χ0v) is 11.4. The van der Waals surface area contributed by atoms with Gasteiger partial charge in [0.05, 0.1) is 5.57 Å². The van der Waals surface area contributed by atoms with E-state index in [0.717, 1.165) is 31.5 Å². The van der Waals surface area contributed by atoms with E-state index in [2.05, 4.69) is 17.9 Å². The van der Waals surface area contributed by atoms with E-state index in [9.17, 15) is 4.79 Å². The third-order valence-corrected chi connectivity index (χ3v) is 4.52. The van der Waals surface area contributed by atoms with Crippen molar-refractivity contribution >= 4 is 47.2 Å². The first kappa shape index (κ1) is 11.6. The Labute approximate surface area is 115 Å². The summed E-state index contributed by atoms with van der Waals surface area (Å²) in [5.74, 6) is -0.0389. The fraction of sp³-hybridized carbons (Fsp3) is 0.0714. The molecule has 18 heavy (non-hydrogen) atoms. The Morgan fingerprint density at radius 2 is 2.11 bits per heavy atom. The topological polar surface area (TPSA) is 29.1 Å². The molecule has 0 saturated heterocycles. The van der Waals surface area contributed by atoms with Crippen LogP contribution in [0.25, 0.3) is 11.6 Å². The van der Waals surface area contributed by atoms with Crippen molar-refractivity contribution in [3.8, 4) is 0 Å². The van der Waals surface area contributed by atoms with Gasteiger partial charge in [-0.2, -0.15) is 0 Å². The van der Waals surface area contributed by atoms with Gasteiger partial charge < -0.3 is 5.32 Å². The Hall–Kier alpha value is -1.52. The van der Waals surface area contributed by atoms with Crippen molar-refractivity contribution in [2.75, 3.05) is 5.32 Å². The number of hydrogen-bond acceptors (Lipinski definition) is 3. The average Bonchev–Trinajstić information content (AvgIpc) is 2.82. The van der Waals surface area contributed by atoms with E-state index in [0.29, 0.717) is 0 Å². The summed E-state index contributed by atoms with van der Waals surface area (Å²) < 4.78 is 0. The summed E-state index contributed by atoms with van der Waals surface area (Å²) in [6.07, 6.45) is 1.93. The lowest BCUT2D eigenvalue weighted by molar-refractivity contribution is -0.110. The number of carbonyl (C=O) groups is 1. The van der Waals surface area contributed by atoms with Gasteiger partial charge in [-0.15, -0.1) is 24.0 Å². The van der Waals surface area contributed by atoms with Crippen LogP contribution in [-0.2, 0) is 4.79 Å². The Morgan fingerprint density at radius 3 is 2.83 bits per heavy atom. The zero-order valence-electron chi connectivity index (χ0n) is 9.73. The Morgan fingerprint density at radius 1 is 1.33 bits per heavy atom. The number of anilines is 1. The van der Waals surface area contributed by atoms with E-state index in [1.165, 1.54) is 0 Å². The molecule has 1 N–H and O–H groups in total. The largest absolute Gasteiger partial charge is 0.321 e. The van der Waals surface area contributed by atoms with Crippen molar-refractivity contribution in [1.82, 2.24) is 0 Å². The van der Waals surface area contributed by atoms with Gasteiger partial charge in [0.1, 0.15) is 0 Å². The van der Waals surface area contributed by atoms with Crippen molar-refractivity contribution < 1.29 is 4.79 Å². The molecule has 0 fully saturated rings. The summed E-state index contributed by atoms with van der Waals surface area (Å²) >= 11 is 6.02. The van der Waals surface area contributed by atoms with Gasteiger partial charge in [0, 0.05) is 25.9 Å². The summed E-state index contributed by atoms with van der Waals surface area (Å²) in [5, 5.41) is 2.87. The second-order valence-electron chi connectivity index (χ2n) is 4.15. The number of thiol groups is 1. The number of carbonyl (C=O) groups excluding carboxylic acids is 1. The molecule has 0 atom stereocenters. The number of fused-ring (bicyclic) bond motifs is 1. The first-order valence-corrected chi connectivity index (χ1v) is 6.83. The molecule has 1 aliphatic rings. The van der Waals surface area contributed by atoms with Crippen LogP contribution in [0.5, 0.6) is 0 Å². The minimum atomic E-state index is -0.0389. The number of aryl methyl sites for hydroxylation is 1. The Balaban J connectivity index is 2.09. The minimum absolute atomic E-state index is 0.0389. The van der Waals surface area contributed by atoms with Crippen LogP contribution < -0.4 is 5.32 Å². The van der Waals surface area contributed by atoms with Gasteiger partial charge in [-0.05, 0) is 25.1 Å². The SMILES string of the molecule is Cc1sc(/C=C2\C(=O)Nc3ccccc32)cc1S. The van der Waals surface area contributed by atoms with Crippen LogP contribution in [0.15, 0.2) is 35.2 Å². The highest BCUT2D eigenvalue weighted by Crippen LogP contribution is 2.34. The summed E-state index contributed by atoms with van der Waals surface area (Å²) in [4.78, 5) is 15.1. The first-order chi connectivity index (χ1) is 8.65. The van der Waals surface area contributed by atoms with Crippen LogP contribution in [0, 0.1) is 6.92 Å². The van der Waals surface area contributed by atoms with E-state index < -0.39 is 0 Å². The second kappa shape index (κ2) is 4.30. The highest BCUT2D eigenvalue weighted by molar-refractivity contribution is 7.80. The third kappa shape index (κ3) is 1.87. The molecule has 90 valence electrons. The molecule has 0 unspecified atom stereocenters. The van der Waals surface area contributed by atoms with Gasteiger partial charge in [0.15, 0.2) is 0 Å². The maximum Gasteiger partial charge on any atom is 0.256 e. The van der Waals surface area contributed by atoms with E-state index >= 15 is 0 Å². The van der Waals surface area contributed by atoms with Crippen molar-refractivity contribution in [2.45, 2.75) is 11.8 Å². The van der Waals surface area contributed by atoms with Crippen molar-refractivity contribution in [3.63, 3.8) is 0 Å². The highest BCUT2D eigenvalue weighted by atomic mass is 32.1. The number of benzene rings is 1. The molecule has 0 bridgehead atoms. The summed E-state index contributed by atoms with van der Waals surface area (Å²) in [6, 6.07) is 9.73. The van der Waals surface area contributed by atoms with Crippen LogP contribution in [-0.4, -0.2) is 5.91 Å². The maximum atomic E-state index is 11.9. The van der Waals surface area contributed by atoms with Gasteiger partial charge in [0.25, 0.3) is 5.91 Å². The third-order valence-electron chi connectivity index (χ3n) is 2.91. The lowest BCUT2D eigenvalue weighted by Gasteiger charge is -1.95. The lowest BCUT2D eigenvalue weighted by atomic mass is 10.1. The molecule has 0 saturated carbocycles. The van der Waals surface area contributed by atoms with Crippen LogP contribution in [0.3, 0.4) is 0 Å². The molecule has 0 aliphatic carbocycles. The average molecular weight is 273 g/mol. The monoisotopic (exact) mass is 273 g/mol. The summed E-state index contributed by atoms with van der Waals surface area (Å²) in [6.45, 7) is 2.03. The molecule has 2 nitrogen and oxygen atoms in total. The smallest absolute Gasteiger partial charge is 0.256 e. The Bertz CT molecular complexity index is 651. The van der Waals surface area contributed by atoms with Crippen molar-refractivity contribution in [1.29, 1.82) is 0 Å². The predicted octanol–water partition coefficient (Wildman–Crippen LogP) is 3.84. The molecule has 1 aromatic carbocycles. The number of amides is 1. The fourth-order valence-electron chi connectivity index (χ4n) is 1.99. The molecule has 0 radical (unpaired) electrons. The summed E-state index contributed by atoms with van der Waals surface area (Å²) in [7, 11) is 0. The van der Waals surface area contributed by atoms with Crippen LogP contribution >= 0.6 is 24.0 Å². The highest BCUT2D eigenvalue weighted by Gasteiger charge is 2.23. The molecular weight excluding hydrogens is 262 g/mol. The molecular formula is C14H11NOS2. The molecule has 2 aromatic rings. The molecule has 4 heteroatoms. The molecule has 3 rings (SSSR count). The molecule has 1 aliphatic heterocycles. The normalized spacial score (nSPS) is 15.9. The van der Waals surface area contributed by atoms with Crippen molar-refractivity contribution in [2.24, 2.45) is 0 Å². The van der Waals surface area contributed by atoms with Gasteiger partial charge in [-0.25, -0.2) is 0 Å². The van der Waals surface area contributed by atoms with E-state index in [-0.39, 0.29) is 5.91 Å². The van der Waals surface area contributed by atoms with Gasteiger partial charge in [-0.3, -0.25) is 4.79 Å². The molecule has 1 aromatic heterocycles. The van der Waals surface area contributed by atoms with Gasteiger partial charge in [0.2, 0.25) is 0 Å². The number of para-hydroxylation sites is 1. The maximum absolute atomic E-state index is 11.9. The lowest BCUT2D eigenvalue weighted by Crippen LogP contribution is -2.03. The second-order valence-corrected chi connectivity index (χ2v) is 5.92. The molecule has 2 heterocycles. The fourth-order valence-corrected chi connectivity index (χ4v) is 3.22. The number of hydrogen-bond donors (Lipinski definition) is 2. The predicted molar refractivity (Wildman–Crippen MR) is 79.3 cm³/mol. The van der Waals surface area contributed by atoms with E-state index in [1.807, 2.05) is 43.3 Å². The van der Waals surface area contributed by atoms with E-state index in [1.54, 1.807) is 11.3 Å². The molecule has 1 amide bonds. The Kier molecular flexibility index (Phi) is 2.76.